The van der Waals surface area contributed by atoms with Gasteiger partial charge >= 0.3 is 11.8 Å². The first-order chi connectivity index (χ1) is 11.1. The van der Waals surface area contributed by atoms with Gasteiger partial charge in [0.15, 0.2) is 0 Å². The summed E-state index contributed by atoms with van der Waals surface area (Å²) in [6.45, 7) is 0. The normalized spacial score (nSPS) is 10.3. The topological polar surface area (TPSA) is 71.1 Å². The molecule has 0 saturated carbocycles. The number of benzene rings is 2. The lowest BCUT2D eigenvalue weighted by Gasteiger charge is -2.08. The molecule has 0 saturated heterocycles. The molecule has 2 amide bonds. The van der Waals surface area contributed by atoms with Crippen LogP contribution < -0.4 is 10.6 Å². The highest BCUT2D eigenvalue weighted by molar-refractivity contribution is 6.44. The maximum atomic E-state index is 13.1. The molecule has 3 rings (SSSR count). The molecule has 3 aromatic rings. The molecule has 0 bridgehead atoms. The molecule has 0 aliphatic carbocycles. The molecule has 0 aliphatic rings. The first kappa shape index (κ1) is 14.6. The van der Waals surface area contributed by atoms with Gasteiger partial charge in [0.05, 0.1) is 11.2 Å². The average molecular weight is 309 g/mol. The van der Waals surface area contributed by atoms with Gasteiger partial charge < -0.3 is 10.6 Å². The predicted molar refractivity (Wildman–Crippen MR) is 85.4 cm³/mol. The Hall–Kier alpha value is -3.28. The molecule has 6 heteroatoms. The van der Waals surface area contributed by atoms with Crippen LogP contribution in [0.3, 0.4) is 0 Å². The van der Waals surface area contributed by atoms with Crippen molar-refractivity contribution in [3.63, 3.8) is 0 Å². The molecule has 5 nitrogen and oxygen atoms in total. The molecule has 2 N–H and O–H groups in total. The van der Waals surface area contributed by atoms with E-state index in [1.165, 1.54) is 18.2 Å². The summed E-state index contributed by atoms with van der Waals surface area (Å²) in [6, 6.07) is 14.2. The van der Waals surface area contributed by atoms with Gasteiger partial charge in [-0.25, -0.2) is 4.39 Å². The summed E-state index contributed by atoms with van der Waals surface area (Å²) in [5.74, 6) is -2.24. The number of aromatic nitrogens is 1. The molecule has 1 heterocycles. The molecule has 23 heavy (non-hydrogen) atoms. The van der Waals surface area contributed by atoms with Gasteiger partial charge in [0.1, 0.15) is 5.82 Å². The van der Waals surface area contributed by atoms with Gasteiger partial charge in [-0.3, -0.25) is 14.6 Å². The number of halogens is 1. The minimum atomic E-state index is -0.886. The van der Waals surface area contributed by atoms with Crippen LogP contribution in [-0.2, 0) is 9.59 Å². The lowest BCUT2D eigenvalue weighted by atomic mass is 10.2. The predicted octanol–water partition coefficient (Wildman–Crippen LogP) is 2.95. The van der Waals surface area contributed by atoms with Crippen LogP contribution in [0.25, 0.3) is 10.9 Å². The minimum absolute atomic E-state index is 0.209. The molecule has 0 fully saturated rings. The number of amides is 2. The van der Waals surface area contributed by atoms with Gasteiger partial charge in [-0.15, -0.1) is 0 Å². The maximum Gasteiger partial charge on any atom is 0.314 e. The summed E-state index contributed by atoms with van der Waals surface area (Å²) in [6.07, 6.45) is 1.60. The van der Waals surface area contributed by atoms with Crippen molar-refractivity contribution in [1.29, 1.82) is 0 Å². The van der Waals surface area contributed by atoms with E-state index in [1.54, 1.807) is 24.4 Å². The fraction of sp³-hybridized carbons (Fsp3) is 0. The molecular formula is C17H12FN3O2. The van der Waals surface area contributed by atoms with E-state index < -0.39 is 17.6 Å². The number of rotatable bonds is 2. The summed E-state index contributed by atoms with van der Waals surface area (Å²) in [7, 11) is 0. The fourth-order valence-electron chi connectivity index (χ4n) is 2.14. The van der Waals surface area contributed by atoms with Crippen molar-refractivity contribution in [3.05, 3.63) is 66.6 Å². The van der Waals surface area contributed by atoms with E-state index in [1.807, 2.05) is 12.1 Å². The van der Waals surface area contributed by atoms with Crippen molar-refractivity contribution in [3.8, 4) is 0 Å². The number of para-hydroxylation sites is 1. The molecule has 114 valence electrons. The highest BCUT2D eigenvalue weighted by Gasteiger charge is 2.15. The number of pyridine rings is 1. The Bertz CT molecular complexity index is 890. The Balaban J connectivity index is 1.77. The Morgan fingerprint density at radius 1 is 0.913 bits per heavy atom. The van der Waals surface area contributed by atoms with E-state index in [-0.39, 0.29) is 5.69 Å². The number of carbonyl (C=O) groups is 2. The second kappa shape index (κ2) is 6.23. The Labute approximate surface area is 131 Å². The van der Waals surface area contributed by atoms with E-state index in [0.717, 1.165) is 11.5 Å². The van der Waals surface area contributed by atoms with Gasteiger partial charge in [0.25, 0.3) is 0 Å². The molecule has 0 spiro atoms. The van der Waals surface area contributed by atoms with Crippen molar-refractivity contribution in [2.45, 2.75) is 0 Å². The van der Waals surface area contributed by atoms with Crippen LogP contribution in [0.5, 0.6) is 0 Å². The van der Waals surface area contributed by atoms with Crippen LogP contribution in [0.2, 0.25) is 0 Å². The molecule has 2 aromatic carbocycles. The third-order valence-corrected chi connectivity index (χ3v) is 3.17. The SMILES string of the molecule is O=C(Nc1cccc(F)c1)C(=O)Nc1cccc2cccnc12. The van der Waals surface area contributed by atoms with Gasteiger partial charge in [-0.1, -0.05) is 24.3 Å². The van der Waals surface area contributed by atoms with Crippen LogP contribution >= 0.6 is 0 Å². The smallest absolute Gasteiger partial charge is 0.314 e. The summed E-state index contributed by atoms with van der Waals surface area (Å²) < 4.78 is 13.1. The van der Waals surface area contributed by atoms with Crippen LogP contribution in [0, 0.1) is 5.82 Å². The standard InChI is InChI=1S/C17H12FN3O2/c18-12-6-2-7-13(10-12)20-16(22)17(23)21-14-8-1-4-11-5-3-9-19-15(11)14/h1-10H,(H,20,22)(H,21,23). The van der Waals surface area contributed by atoms with Crippen LogP contribution in [-0.4, -0.2) is 16.8 Å². The zero-order chi connectivity index (χ0) is 16.2. The summed E-state index contributed by atoms with van der Waals surface area (Å²) in [4.78, 5) is 28.1. The fourth-order valence-corrected chi connectivity index (χ4v) is 2.14. The molecule has 1 aromatic heterocycles. The number of anilines is 2. The second-order valence-electron chi connectivity index (χ2n) is 4.80. The Kier molecular flexibility index (Phi) is 3.97. The number of nitrogens with one attached hydrogen (secondary N) is 2. The lowest BCUT2D eigenvalue weighted by molar-refractivity contribution is -0.132. The zero-order valence-corrected chi connectivity index (χ0v) is 11.9. The highest BCUT2D eigenvalue weighted by atomic mass is 19.1. The second-order valence-corrected chi connectivity index (χ2v) is 4.80. The van der Waals surface area contributed by atoms with Crippen molar-refractivity contribution in [2.24, 2.45) is 0 Å². The molecule has 0 radical (unpaired) electrons. The molecule has 0 atom stereocenters. The van der Waals surface area contributed by atoms with Crippen molar-refractivity contribution in [2.75, 3.05) is 10.6 Å². The van der Waals surface area contributed by atoms with E-state index in [9.17, 15) is 14.0 Å². The number of hydrogen-bond donors (Lipinski definition) is 2. The maximum absolute atomic E-state index is 13.1. The minimum Gasteiger partial charge on any atom is -0.318 e. The van der Waals surface area contributed by atoms with E-state index >= 15 is 0 Å². The quantitative estimate of drug-likeness (QED) is 0.715. The summed E-state index contributed by atoms with van der Waals surface area (Å²) in [5, 5.41) is 5.70. The van der Waals surface area contributed by atoms with E-state index in [2.05, 4.69) is 15.6 Å². The molecular weight excluding hydrogens is 297 g/mol. The highest BCUT2D eigenvalue weighted by Crippen LogP contribution is 2.20. The monoisotopic (exact) mass is 309 g/mol. The lowest BCUT2D eigenvalue weighted by Crippen LogP contribution is -2.29. The number of fused-ring (bicyclic) bond motifs is 1. The third-order valence-electron chi connectivity index (χ3n) is 3.17. The first-order valence-electron chi connectivity index (χ1n) is 6.85. The van der Waals surface area contributed by atoms with E-state index in [0.29, 0.717) is 11.2 Å². The van der Waals surface area contributed by atoms with Crippen LogP contribution in [0.15, 0.2) is 60.8 Å². The van der Waals surface area contributed by atoms with Crippen molar-refractivity contribution in [1.82, 2.24) is 4.98 Å². The molecule has 0 aliphatic heterocycles. The largest absolute Gasteiger partial charge is 0.318 e. The Morgan fingerprint density at radius 3 is 2.48 bits per heavy atom. The first-order valence-corrected chi connectivity index (χ1v) is 6.85. The van der Waals surface area contributed by atoms with Crippen molar-refractivity contribution < 1.29 is 14.0 Å². The van der Waals surface area contributed by atoms with Crippen molar-refractivity contribution >= 4 is 34.1 Å². The summed E-state index contributed by atoms with van der Waals surface area (Å²) in [5.41, 5.74) is 1.23. The number of hydrogen-bond acceptors (Lipinski definition) is 3. The van der Waals surface area contributed by atoms with Gasteiger partial charge in [0.2, 0.25) is 0 Å². The van der Waals surface area contributed by atoms with Crippen LogP contribution in [0.4, 0.5) is 15.8 Å². The zero-order valence-electron chi connectivity index (χ0n) is 11.9. The third kappa shape index (κ3) is 3.32. The number of nitrogens with zero attached hydrogens (tertiary/aromatic N) is 1. The average Bonchev–Trinajstić information content (AvgIpc) is 2.55. The van der Waals surface area contributed by atoms with Gasteiger partial charge in [-0.2, -0.15) is 0 Å². The van der Waals surface area contributed by atoms with E-state index in [4.69, 9.17) is 0 Å². The van der Waals surface area contributed by atoms with Crippen LogP contribution in [0.1, 0.15) is 0 Å². The Morgan fingerprint density at radius 2 is 1.65 bits per heavy atom. The summed E-state index contributed by atoms with van der Waals surface area (Å²) >= 11 is 0. The molecule has 0 unspecified atom stereocenters. The number of carbonyl (C=O) groups excluding carboxylic acids is 2. The van der Waals surface area contributed by atoms with Gasteiger partial charge in [0, 0.05) is 17.3 Å². The van der Waals surface area contributed by atoms with Gasteiger partial charge in [-0.05, 0) is 30.3 Å².